The van der Waals surface area contributed by atoms with Gasteiger partial charge in [-0.25, -0.2) is 4.98 Å². The molecule has 2 aromatic rings. The third-order valence-corrected chi connectivity index (χ3v) is 2.83. The molecule has 0 amide bonds. The van der Waals surface area contributed by atoms with Crippen LogP contribution in [0, 0.1) is 0 Å². The smallest absolute Gasteiger partial charge is 0.252 e. The average molecular weight is 262 g/mol. The average Bonchev–Trinajstić information content (AvgIpc) is 2.67. The van der Waals surface area contributed by atoms with Crippen LogP contribution < -0.4 is 16.6 Å². The van der Waals surface area contributed by atoms with Crippen molar-refractivity contribution in [2.45, 2.75) is 26.3 Å². The summed E-state index contributed by atoms with van der Waals surface area (Å²) in [7, 11) is 1.78. The van der Waals surface area contributed by atoms with Crippen LogP contribution in [0.5, 0.6) is 0 Å². The van der Waals surface area contributed by atoms with Gasteiger partial charge in [-0.3, -0.25) is 9.48 Å². The Morgan fingerprint density at radius 2 is 2.26 bits per heavy atom. The minimum atomic E-state index is -0.166. The number of aryl methyl sites for hydroxylation is 1. The van der Waals surface area contributed by atoms with Crippen molar-refractivity contribution in [2.75, 3.05) is 11.1 Å². The molecule has 2 aromatic heterocycles. The first-order valence-corrected chi connectivity index (χ1v) is 6.09. The first kappa shape index (κ1) is 13.1. The fourth-order valence-corrected chi connectivity index (χ4v) is 1.65. The predicted octanol–water partition coefficient (Wildman–Crippen LogP) is 0.821. The molecule has 2 rings (SSSR count). The van der Waals surface area contributed by atoms with Crippen molar-refractivity contribution < 1.29 is 0 Å². The van der Waals surface area contributed by atoms with Crippen LogP contribution in [0.25, 0.3) is 0 Å². The number of nitrogens with two attached hydrogens (primary N) is 1. The van der Waals surface area contributed by atoms with Crippen LogP contribution in [0.2, 0.25) is 0 Å². The SMILES string of the molecule is CC(C)c1nc(NCc2cnn(C)c2N)cc(=O)[nH]1. The summed E-state index contributed by atoms with van der Waals surface area (Å²) in [5, 5.41) is 7.14. The zero-order chi connectivity index (χ0) is 14.0. The van der Waals surface area contributed by atoms with Crippen LogP contribution in [0.1, 0.15) is 31.2 Å². The summed E-state index contributed by atoms with van der Waals surface area (Å²) in [4.78, 5) is 18.6. The van der Waals surface area contributed by atoms with Gasteiger partial charge >= 0.3 is 0 Å². The summed E-state index contributed by atoms with van der Waals surface area (Å²) in [6.07, 6.45) is 1.69. The molecule has 4 N–H and O–H groups in total. The highest BCUT2D eigenvalue weighted by Gasteiger charge is 2.07. The van der Waals surface area contributed by atoms with Gasteiger partial charge in [0.2, 0.25) is 0 Å². The Hall–Kier alpha value is -2.31. The molecule has 7 heteroatoms. The number of anilines is 2. The Labute approximate surface area is 110 Å². The van der Waals surface area contributed by atoms with Gasteiger partial charge in [-0.1, -0.05) is 13.8 Å². The highest BCUT2D eigenvalue weighted by Crippen LogP contribution is 2.13. The Kier molecular flexibility index (Phi) is 3.55. The Morgan fingerprint density at radius 1 is 1.53 bits per heavy atom. The van der Waals surface area contributed by atoms with E-state index in [0.29, 0.717) is 24.0 Å². The van der Waals surface area contributed by atoms with E-state index in [-0.39, 0.29) is 11.5 Å². The molecule has 0 fully saturated rings. The number of H-pyrrole nitrogens is 1. The summed E-state index contributed by atoms with van der Waals surface area (Å²) in [5.74, 6) is 1.96. The predicted molar refractivity (Wildman–Crippen MR) is 73.9 cm³/mol. The second kappa shape index (κ2) is 5.13. The van der Waals surface area contributed by atoms with E-state index in [1.807, 2.05) is 13.8 Å². The van der Waals surface area contributed by atoms with E-state index >= 15 is 0 Å². The van der Waals surface area contributed by atoms with Gasteiger partial charge in [0.25, 0.3) is 5.56 Å². The van der Waals surface area contributed by atoms with Crippen LogP contribution >= 0.6 is 0 Å². The molecule has 19 heavy (non-hydrogen) atoms. The molecule has 0 aliphatic heterocycles. The lowest BCUT2D eigenvalue weighted by atomic mass is 10.2. The Bertz CT molecular complexity index is 627. The van der Waals surface area contributed by atoms with Crippen molar-refractivity contribution in [3.63, 3.8) is 0 Å². The topological polar surface area (TPSA) is 102 Å². The minimum Gasteiger partial charge on any atom is -0.384 e. The first-order chi connectivity index (χ1) is 8.97. The number of hydrogen-bond donors (Lipinski definition) is 3. The van der Waals surface area contributed by atoms with E-state index in [4.69, 9.17) is 5.73 Å². The Balaban J connectivity index is 2.15. The van der Waals surface area contributed by atoms with Crippen LogP contribution in [0.3, 0.4) is 0 Å². The zero-order valence-electron chi connectivity index (χ0n) is 11.3. The van der Waals surface area contributed by atoms with Gasteiger partial charge in [0.1, 0.15) is 17.5 Å². The second-order valence-electron chi connectivity index (χ2n) is 4.70. The van der Waals surface area contributed by atoms with Crippen LogP contribution in [0.4, 0.5) is 11.6 Å². The normalized spacial score (nSPS) is 10.9. The van der Waals surface area contributed by atoms with Gasteiger partial charge in [0.05, 0.1) is 6.20 Å². The molecular weight excluding hydrogens is 244 g/mol. The van der Waals surface area contributed by atoms with Gasteiger partial charge in [0.15, 0.2) is 0 Å². The van der Waals surface area contributed by atoms with E-state index in [1.165, 1.54) is 6.07 Å². The van der Waals surface area contributed by atoms with Gasteiger partial charge in [-0.15, -0.1) is 0 Å². The van der Waals surface area contributed by atoms with E-state index in [0.717, 1.165) is 5.56 Å². The van der Waals surface area contributed by atoms with Crippen LogP contribution in [-0.2, 0) is 13.6 Å². The van der Waals surface area contributed by atoms with Gasteiger partial charge in [0, 0.05) is 31.1 Å². The van der Waals surface area contributed by atoms with Gasteiger partial charge < -0.3 is 16.0 Å². The summed E-state index contributed by atoms with van der Waals surface area (Å²) in [6, 6.07) is 1.43. The van der Waals surface area contributed by atoms with Crippen molar-refractivity contribution in [3.05, 3.63) is 34.0 Å². The molecule has 0 atom stereocenters. The van der Waals surface area contributed by atoms with Crippen molar-refractivity contribution in [3.8, 4) is 0 Å². The number of hydrogen-bond acceptors (Lipinski definition) is 5. The lowest BCUT2D eigenvalue weighted by molar-refractivity contribution is 0.766. The number of aromatic amines is 1. The van der Waals surface area contributed by atoms with E-state index in [2.05, 4.69) is 20.4 Å². The van der Waals surface area contributed by atoms with Crippen molar-refractivity contribution in [1.29, 1.82) is 0 Å². The fraction of sp³-hybridized carbons (Fsp3) is 0.417. The van der Waals surface area contributed by atoms with Crippen molar-refractivity contribution in [1.82, 2.24) is 19.7 Å². The van der Waals surface area contributed by atoms with E-state index in [9.17, 15) is 4.79 Å². The highest BCUT2D eigenvalue weighted by molar-refractivity contribution is 5.42. The quantitative estimate of drug-likeness (QED) is 0.757. The van der Waals surface area contributed by atoms with Crippen LogP contribution in [0.15, 0.2) is 17.1 Å². The zero-order valence-corrected chi connectivity index (χ0v) is 11.3. The summed E-state index contributed by atoms with van der Waals surface area (Å²) in [6.45, 7) is 4.43. The maximum absolute atomic E-state index is 11.5. The van der Waals surface area contributed by atoms with Crippen molar-refractivity contribution in [2.24, 2.45) is 7.05 Å². The van der Waals surface area contributed by atoms with Crippen molar-refractivity contribution >= 4 is 11.6 Å². The van der Waals surface area contributed by atoms with Crippen LogP contribution in [-0.4, -0.2) is 19.7 Å². The van der Waals surface area contributed by atoms with Gasteiger partial charge in [-0.05, 0) is 0 Å². The summed E-state index contributed by atoms with van der Waals surface area (Å²) < 4.78 is 1.60. The Morgan fingerprint density at radius 3 is 2.84 bits per heavy atom. The lowest BCUT2D eigenvalue weighted by Gasteiger charge is -2.08. The first-order valence-electron chi connectivity index (χ1n) is 6.09. The number of nitrogens with one attached hydrogen (secondary N) is 2. The molecule has 0 saturated heterocycles. The monoisotopic (exact) mass is 262 g/mol. The molecule has 0 bridgehead atoms. The van der Waals surface area contributed by atoms with E-state index in [1.54, 1.807) is 17.9 Å². The highest BCUT2D eigenvalue weighted by atomic mass is 16.1. The molecule has 0 radical (unpaired) electrons. The molecule has 0 spiro atoms. The molecule has 0 aromatic carbocycles. The number of nitrogen functional groups attached to an aromatic ring is 1. The third kappa shape index (κ3) is 2.93. The summed E-state index contributed by atoms with van der Waals surface area (Å²) in [5.41, 5.74) is 6.55. The molecule has 0 aliphatic carbocycles. The van der Waals surface area contributed by atoms with E-state index < -0.39 is 0 Å². The molecule has 0 saturated carbocycles. The molecule has 7 nitrogen and oxygen atoms in total. The number of rotatable bonds is 4. The lowest BCUT2D eigenvalue weighted by Crippen LogP contribution is -2.14. The maximum atomic E-state index is 11.5. The second-order valence-corrected chi connectivity index (χ2v) is 4.70. The molecule has 102 valence electrons. The number of aromatic nitrogens is 4. The molecule has 0 unspecified atom stereocenters. The molecular formula is C12H18N6O. The fourth-order valence-electron chi connectivity index (χ4n) is 1.65. The summed E-state index contributed by atoms with van der Waals surface area (Å²) >= 11 is 0. The maximum Gasteiger partial charge on any atom is 0.252 e. The largest absolute Gasteiger partial charge is 0.384 e. The standard InChI is InChI=1S/C12H18N6O/c1-7(2)12-16-9(4-10(19)17-12)14-5-8-6-15-18(3)11(8)13/h4,6-7H,5,13H2,1-3H3,(H2,14,16,17,19). The minimum absolute atomic E-state index is 0.165. The number of nitrogens with zero attached hydrogens (tertiary/aromatic N) is 3. The molecule has 0 aliphatic rings. The van der Waals surface area contributed by atoms with Gasteiger partial charge in [-0.2, -0.15) is 5.10 Å². The third-order valence-electron chi connectivity index (χ3n) is 2.83. The molecule has 2 heterocycles.